The van der Waals surface area contributed by atoms with Gasteiger partial charge in [0, 0.05) is 33.2 Å². The predicted octanol–water partition coefficient (Wildman–Crippen LogP) is 4.61. The van der Waals surface area contributed by atoms with E-state index in [1.165, 1.54) is 0 Å². The summed E-state index contributed by atoms with van der Waals surface area (Å²) >= 11 is 13.9. The lowest BCUT2D eigenvalue weighted by atomic mass is 10.2. The van der Waals surface area contributed by atoms with Crippen LogP contribution in [0.15, 0.2) is 23.6 Å². The molecule has 1 aromatic heterocycles. The lowest BCUT2D eigenvalue weighted by Crippen LogP contribution is -2.18. The van der Waals surface area contributed by atoms with Gasteiger partial charge in [-0.25, -0.2) is 4.98 Å². The van der Waals surface area contributed by atoms with Gasteiger partial charge in [0.05, 0.1) is 6.04 Å². The van der Waals surface area contributed by atoms with Crippen molar-refractivity contribution in [3.63, 3.8) is 0 Å². The Morgan fingerprint density at radius 1 is 1.33 bits per heavy atom. The molecule has 1 N–H and O–H groups in total. The van der Waals surface area contributed by atoms with Gasteiger partial charge in [0.2, 0.25) is 0 Å². The van der Waals surface area contributed by atoms with Gasteiger partial charge in [-0.05, 0) is 26.0 Å². The van der Waals surface area contributed by atoms with Crippen LogP contribution in [0, 0.1) is 6.92 Å². The molecular weight excluding hydrogens is 287 g/mol. The zero-order chi connectivity index (χ0) is 13.1. The van der Waals surface area contributed by atoms with E-state index in [9.17, 15) is 0 Å². The highest BCUT2D eigenvalue weighted by Gasteiger charge is 2.11. The van der Waals surface area contributed by atoms with Crippen molar-refractivity contribution in [2.24, 2.45) is 0 Å². The van der Waals surface area contributed by atoms with Gasteiger partial charge in [-0.2, -0.15) is 0 Å². The highest BCUT2D eigenvalue weighted by Crippen LogP contribution is 2.25. The van der Waals surface area contributed by atoms with Crippen LogP contribution in [0.4, 0.5) is 0 Å². The quantitative estimate of drug-likeness (QED) is 0.892. The molecular formula is C13H14Cl2N2S. The topological polar surface area (TPSA) is 24.9 Å². The number of benzene rings is 1. The highest BCUT2D eigenvalue weighted by molar-refractivity contribution is 7.09. The molecule has 1 atom stereocenters. The Bertz CT molecular complexity index is 519. The Balaban J connectivity index is 2.03. The highest BCUT2D eigenvalue weighted by atomic mass is 35.5. The molecule has 0 aliphatic rings. The predicted molar refractivity (Wildman–Crippen MR) is 78.6 cm³/mol. The number of nitrogens with zero attached hydrogens (tertiary/aromatic N) is 1. The maximum absolute atomic E-state index is 6.13. The first-order valence-corrected chi connectivity index (χ1v) is 7.30. The van der Waals surface area contributed by atoms with Crippen LogP contribution in [0.5, 0.6) is 0 Å². The van der Waals surface area contributed by atoms with Crippen molar-refractivity contribution in [2.45, 2.75) is 26.4 Å². The summed E-state index contributed by atoms with van der Waals surface area (Å²) in [6.07, 6.45) is 0. The first-order chi connectivity index (χ1) is 8.58. The van der Waals surface area contributed by atoms with Crippen molar-refractivity contribution in [3.05, 3.63) is 49.9 Å². The number of thiazole rings is 1. The van der Waals surface area contributed by atoms with E-state index in [1.54, 1.807) is 11.3 Å². The fourth-order valence-electron chi connectivity index (χ4n) is 1.61. The van der Waals surface area contributed by atoms with Crippen LogP contribution in [0.1, 0.15) is 29.2 Å². The monoisotopic (exact) mass is 300 g/mol. The number of hydrogen-bond acceptors (Lipinski definition) is 3. The van der Waals surface area contributed by atoms with Crippen LogP contribution >= 0.6 is 34.5 Å². The molecule has 0 saturated carbocycles. The summed E-state index contributed by atoms with van der Waals surface area (Å²) in [6, 6.07) is 5.74. The number of hydrogen-bond donors (Lipinski definition) is 1. The molecule has 0 aliphatic carbocycles. The SMILES string of the molecule is Cc1csc(C(C)NCc2c(Cl)cccc2Cl)n1. The second-order valence-electron chi connectivity index (χ2n) is 4.13. The average Bonchev–Trinajstić information content (AvgIpc) is 2.75. The van der Waals surface area contributed by atoms with E-state index < -0.39 is 0 Å². The smallest absolute Gasteiger partial charge is 0.110 e. The van der Waals surface area contributed by atoms with Gasteiger partial charge in [0.15, 0.2) is 0 Å². The Kier molecular flexibility index (Phi) is 4.62. The molecule has 18 heavy (non-hydrogen) atoms. The largest absolute Gasteiger partial charge is 0.304 e. The van der Waals surface area contributed by atoms with Crippen LogP contribution < -0.4 is 5.32 Å². The third-order valence-electron chi connectivity index (χ3n) is 2.65. The van der Waals surface area contributed by atoms with E-state index in [1.807, 2.05) is 25.1 Å². The maximum atomic E-state index is 6.13. The van der Waals surface area contributed by atoms with Crippen molar-refractivity contribution < 1.29 is 0 Å². The zero-order valence-electron chi connectivity index (χ0n) is 10.2. The number of halogens is 2. The van der Waals surface area contributed by atoms with E-state index >= 15 is 0 Å². The number of aromatic nitrogens is 1. The minimum Gasteiger partial charge on any atom is -0.304 e. The molecule has 0 amide bonds. The molecule has 0 bridgehead atoms. The molecule has 2 nitrogen and oxygen atoms in total. The third kappa shape index (κ3) is 3.23. The van der Waals surface area contributed by atoms with Crippen molar-refractivity contribution in [1.82, 2.24) is 10.3 Å². The molecule has 5 heteroatoms. The first-order valence-electron chi connectivity index (χ1n) is 5.66. The van der Waals surface area contributed by atoms with Gasteiger partial charge >= 0.3 is 0 Å². The van der Waals surface area contributed by atoms with E-state index in [2.05, 4.69) is 22.6 Å². The molecule has 1 unspecified atom stereocenters. The first kappa shape index (κ1) is 13.8. The van der Waals surface area contributed by atoms with E-state index in [0.29, 0.717) is 16.6 Å². The summed E-state index contributed by atoms with van der Waals surface area (Å²) in [5.74, 6) is 0. The standard InChI is InChI=1S/C13H14Cl2N2S/c1-8-7-18-13(17-8)9(2)16-6-10-11(14)4-3-5-12(10)15/h3-5,7,9,16H,6H2,1-2H3. The molecule has 0 fully saturated rings. The summed E-state index contributed by atoms with van der Waals surface area (Å²) < 4.78 is 0. The number of aryl methyl sites for hydroxylation is 1. The molecule has 2 aromatic rings. The van der Waals surface area contributed by atoms with E-state index in [0.717, 1.165) is 16.3 Å². The van der Waals surface area contributed by atoms with Crippen LogP contribution in [-0.4, -0.2) is 4.98 Å². The van der Waals surface area contributed by atoms with Gasteiger partial charge in [-0.15, -0.1) is 11.3 Å². The lowest BCUT2D eigenvalue weighted by molar-refractivity contribution is 0.571. The normalized spacial score (nSPS) is 12.7. The van der Waals surface area contributed by atoms with Gasteiger partial charge < -0.3 is 5.32 Å². The Labute approximate surface area is 121 Å². The summed E-state index contributed by atoms with van der Waals surface area (Å²) in [7, 11) is 0. The maximum Gasteiger partial charge on any atom is 0.110 e. The Hall–Kier alpha value is -0.610. The molecule has 0 saturated heterocycles. The average molecular weight is 301 g/mol. The molecule has 2 rings (SSSR count). The van der Waals surface area contributed by atoms with E-state index in [4.69, 9.17) is 23.2 Å². The zero-order valence-corrected chi connectivity index (χ0v) is 12.5. The second kappa shape index (κ2) is 6.02. The summed E-state index contributed by atoms with van der Waals surface area (Å²) in [5, 5.41) is 7.90. The van der Waals surface area contributed by atoms with Gasteiger partial charge in [0.25, 0.3) is 0 Å². The minimum absolute atomic E-state index is 0.191. The summed E-state index contributed by atoms with van der Waals surface area (Å²) in [4.78, 5) is 4.46. The third-order valence-corrected chi connectivity index (χ3v) is 4.51. The molecule has 0 spiro atoms. The summed E-state index contributed by atoms with van der Waals surface area (Å²) in [6.45, 7) is 4.72. The Morgan fingerprint density at radius 3 is 2.56 bits per heavy atom. The minimum atomic E-state index is 0.191. The fourth-order valence-corrected chi connectivity index (χ4v) is 2.97. The summed E-state index contributed by atoms with van der Waals surface area (Å²) in [5.41, 5.74) is 1.99. The molecule has 0 radical (unpaired) electrons. The van der Waals surface area contributed by atoms with Crippen LogP contribution in [0.2, 0.25) is 10.0 Å². The van der Waals surface area contributed by atoms with Crippen molar-refractivity contribution in [3.8, 4) is 0 Å². The Morgan fingerprint density at radius 2 is 2.00 bits per heavy atom. The molecule has 1 heterocycles. The van der Waals surface area contributed by atoms with Crippen molar-refractivity contribution in [1.29, 1.82) is 0 Å². The van der Waals surface area contributed by atoms with Gasteiger partial charge in [0.1, 0.15) is 5.01 Å². The fraction of sp³-hybridized carbons (Fsp3) is 0.308. The van der Waals surface area contributed by atoms with Crippen LogP contribution in [0.25, 0.3) is 0 Å². The van der Waals surface area contributed by atoms with Crippen LogP contribution in [-0.2, 0) is 6.54 Å². The second-order valence-corrected chi connectivity index (χ2v) is 5.83. The lowest BCUT2D eigenvalue weighted by Gasteiger charge is -2.13. The number of nitrogens with one attached hydrogen (secondary N) is 1. The van der Waals surface area contributed by atoms with Gasteiger partial charge in [-0.3, -0.25) is 0 Å². The van der Waals surface area contributed by atoms with Crippen molar-refractivity contribution >= 4 is 34.5 Å². The van der Waals surface area contributed by atoms with Crippen molar-refractivity contribution in [2.75, 3.05) is 0 Å². The van der Waals surface area contributed by atoms with E-state index in [-0.39, 0.29) is 6.04 Å². The molecule has 0 aliphatic heterocycles. The van der Waals surface area contributed by atoms with Crippen LogP contribution in [0.3, 0.4) is 0 Å². The van der Waals surface area contributed by atoms with Gasteiger partial charge in [-0.1, -0.05) is 29.3 Å². The number of rotatable bonds is 4. The molecule has 96 valence electrons. The molecule has 1 aromatic carbocycles.